The van der Waals surface area contributed by atoms with Crippen LogP contribution in [0.4, 0.5) is 13.2 Å². The van der Waals surface area contributed by atoms with Crippen molar-refractivity contribution in [2.24, 2.45) is 0 Å². The van der Waals surface area contributed by atoms with E-state index in [1.807, 2.05) is 0 Å². The second kappa shape index (κ2) is 4.68. The van der Waals surface area contributed by atoms with Gasteiger partial charge in [0.15, 0.2) is 6.10 Å². The van der Waals surface area contributed by atoms with Gasteiger partial charge in [-0.2, -0.15) is 13.2 Å². The molecule has 1 heterocycles. The second-order valence-electron chi connectivity index (χ2n) is 3.20. The molecule has 3 N–H and O–H groups in total. The number of hydrogen-bond acceptors (Lipinski definition) is 4. The molecule has 2 unspecified atom stereocenters. The molecule has 2 atom stereocenters. The summed E-state index contributed by atoms with van der Waals surface area (Å²) in [6.07, 6.45) is -8.11. The van der Waals surface area contributed by atoms with Gasteiger partial charge in [0, 0.05) is 6.20 Å². The third kappa shape index (κ3) is 3.14. The zero-order valence-corrected chi connectivity index (χ0v) is 8.22. The summed E-state index contributed by atoms with van der Waals surface area (Å²) in [6, 6.07) is 1.15. The van der Waals surface area contributed by atoms with Crippen molar-refractivity contribution in [3.63, 3.8) is 0 Å². The Balaban J connectivity index is 3.04. The minimum Gasteiger partial charge on any atom is -0.479 e. The van der Waals surface area contributed by atoms with Gasteiger partial charge >= 0.3 is 12.1 Å². The quantitative estimate of drug-likeness (QED) is 0.731. The third-order valence-corrected chi connectivity index (χ3v) is 1.96. The van der Waals surface area contributed by atoms with Crippen LogP contribution in [0.5, 0.6) is 0 Å². The topological polar surface area (TPSA) is 90.7 Å². The van der Waals surface area contributed by atoms with Crippen LogP contribution < -0.4 is 0 Å². The van der Waals surface area contributed by atoms with Crippen LogP contribution >= 0.6 is 0 Å². The van der Waals surface area contributed by atoms with Gasteiger partial charge in [-0.15, -0.1) is 0 Å². The van der Waals surface area contributed by atoms with Crippen LogP contribution in [-0.2, 0) is 11.0 Å². The van der Waals surface area contributed by atoms with Gasteiger partial charge in [0.2, 0.25) is 0 Å². The van der Waals surface area contributed by atoms with Gasteiger partial charge in [0.05, 0.1) is 11.3 Å². The van der Waals surface area contributed by atoms with Crippen molar-refractivity contribution in [3.05, 3.63) is 29.6 Å². The number of rotatable bonds is 3. The molecular weight excluding hydrogens is 243 g/mol. The van der Waals surface area contributed by atoms with Crippen LogP contribution in [0, 0.1) is 0 Å². The fourth-order valence-corrected chi connectivity index (χ4v) is 1.08. The highest BCUT2D eigenvalue weighted by atomic mass is 19.4. The molecule has 1 rings (SSSR count). The molecule has 94 valence electrons. The number of carboxylic acids is 1. The van der Waals surface area contributed by atoms with E-state index in [0.29, 0.717) is 12.1 Å². The van der Waals surface area contributed by atoms with Crippen molar-refractivity contribution < 1.29 is 33.3 Å². The monoisotopic (exact) mass is 251 g/mol. The van der Waals surface area contributed by atoms with Crippen LogP contribution in [0.25, 0.3) is 0 Å². The van der Waals surface area contributed by atoms with E-state index in [9.17, 15) is 23.1 Å². The lowest BCUT2D eigenvalue weighted by Gasteiger charge is -2.14. The zero-order chi connectivity index (χ0) is 13.2. The van der Waals surface area contributed by atoms with Gasteiger partial charge in [-0.1, -0.05) is 0 Å². The fraction of sp³-hybridized carbons (Fsp3) is 0.333. The number of carbonyl (C=O) groups is 1. The molecule has 0 aromatic carbocycles. The normalized spacial score (nSPS) is 15.4. The Morgan fingerprint density at radius 1 is 1.35 bits per heavy atom. The fourth-order valence-electron chi connectivity index (χ4n) is 1.08. The summed E-state index contributed by atoms with van der Waals surface area (Å²) in [4.78, 5) is 13.7. The Morgan fingerprint density at radius 3 is 2.41 bits per heavy atom. The summed E-state index contributed by atoms with van der Waals surface area (Å²) in [7, 11) is 0. The van der Waals surface area contributed by atoms with Crippen LogP contribution in [0.3, 0.4) is 0 Å². The number of carboxylic acid groups (broad SMARTS) is 1. The molecule has 0 aliphatic rings. The summed E-state index contributed by atoms with van der Waals surface area (Å²) in [5.41, 5.74) is -1.64. The van der Waals surface area contributed by atoms with Crippen molar-refractivity contribution in [2.45, 2.75) is 18.4 Å². The average Bonchev–Trinajstić information content (AvgIpc) is 2.26. The third-order valence-electron chi connectivity index (χ3n) is 1.96. The van der Waals surface area contributed by atoms with E-state index in [-0.39, 0.29) is 0 Å². The van der Waals surface area contributed by atoms with Gasteiger partial charge in [-0.05, 0) is 12.1 Å². The van der Waals surface area contributed by atoms with Crippen molar-refractivity contribution in [2.75, 3.05) is 0 Å². The molecule has 0 amide bonds. The highest BCUT2D eigenvalue weighted by Gasteiger charge is 2.33. The van der Waals surface area contributed by atoms with E-state index in [2.05, 4.69) is 4.98 Å². The maximum atomic E-state index is 12.3. The van der Waals surface area contributed by atoms with Gasteiger partial charge in [0.1, 0.15) is 6.10 Å². The first-order chi connectivity index (χ1) is 7.73. The Labute approximate surface area is 93.2 Å². The number of aliphatic carboxylic acids is 1. The smallest absolute Gasteiger partial charge is 0.416 e. The predicted molar refractivity (Wildman–Crippen MR) is 47.8 cm³/mol. The minimum atomic E-state index is -4.63. The Kier molecular flexibility index (Phi) is 3.69. The lowest BCUT2D eigenvalue weighted by Crippen LogP contribution is -2.28. The molecule has 0 spiro atoms. The van der Waals surface area contributed by atoms with Crippen molar-refractivity contribution in [1.29, 1.82) is 0 Å². The molecule has 0 radical (unpaired) electrons. The molecule has 0 saturated carbocycles. The van der Waals surface area contributed by atoms with E-state index >= 15 is 0 Å². The van der Waals surface area contributed by atoms with Gasteiger partial charge < -0.3 is 15.3 Å². The van der Waals surface area contributed by atoms with Gasteiger partial charge in [0.25, 0.3) is 0 Å². The molecule has 17 heavy (non-hydrogen) atoms. The number of aromatic nitrogens is 1. The second-order valence-corrected chi connectivity index (χ2v) is 3.20. The summed E-state index contributed by atoms with van der Waals surface area (Å²) >= 11 is 0. The summed E-state index contributed by atoms with van der Waals surface area (Å²) < 4.78 is 36.9. The van der Waals surface area contributed by atoms with E-state index in [1.54, 1.807) is 0 Å². The zero-order valence-electron chi connectivity index (χ0n) is 8.22. The molecular formula is C9H8F3NO4. The van der Waals surface area contributed by atoms with Crippen molar-refractivity contribution in [3.8, 4) is 0 Å². The van der Waals surface area contributed by atoms with E-state index in [0.717, 1.165) is 6.20 Å². The van der Waals surface area contributed by atoms with Crippen LogP contribution in [0.2, 0.25) is 0 Å². The number of pyridine rings is 1. The molecule has 0 aliphatic carbocycles. The molecule has 1 aromatic heterocycles. The molecule has 0 bridgehead atoms. The van der Waals surface area contributed by atoms with Crippen molar-refractivity contribution in [1.82, 2.24) is 4.98 Å². The van der Waals surface area contributed by atoms with Crippen molar-refractivity contribution >= 4 is 5.97 Å². The first-order valence-electron chi connectivity index (χ1n) is 4.35. The molecule has 0 saturated heterocycles. The Morgan fingerprint density at radius 2 is 1.94 bits per heavy atom. The summed E-state index contributed by atoms with van der Waals surface area (Å²) in [6.45, 7) is 0. The maximum absolute atomic E-state index is 12.3. The number of alkyl halides is 3. The Bertz CT molecular complexity index is 421. The van der Waals surface area contributed by atoms with E-state index < -0.39 is 35.6 Å². The highest BCUT2D eigenvalue weighted by molar-refractivity contribution is 5.72. The highest BCUT2D eigenvalue weighted by Crippen LogP contribution is 2.30. The van der Waals surface area contributed by atoms with Crippen LogP contribution in [-0.4, -0.2) is 32.4 Å². The first-order valence-corrected chi connectivity index (χ1v) is 4.35. The molecule has 5 nitrogen and oxygen atoms in total. The lowest BCUT2D eigenvalue weighted by atomic mass is 10.1. The SMILES string of the molecule is O=C(O)C(O)C(O)c1cc(C(F)(F)F)ccn1. The molecule has 0 aliphatic heterocycles. The number of aliphatic hydroxyl groups is 2. The minimum absolute atomic E-state index is 0.483. The predicted octanol–water partition coefficient (Wildman–Crippen LogP) is 0.579. The largest absolute Gasteiger partial charge is 0.479 e. The molecule has 8 heteroatoms. The van der Waals surface area contributed by atoms with Crippen LogP contribution in [0.15, 0.2) is 18.3 Å². The van der Waals surface area contributed by atoms with Gasteiger partial charge in [-0.3, -0.25) is 4.98 Å². The maximum Gasteiger partial charge on any atom is 0.416 e. The molecule has 0 fully saturated rings. The lowest BCUT2D eigenvalue weighted by molar-refractivity contribution is -0.153. The number of nitrogens with zero attached hydrogens (tertiary/aromatic N) is 1. The standard InChI is InChI=1S/C9H8F3NO4/c10-9(11,12)4-1-2-13-5(3-4)6(14)7(15)8(16)17/h1-3,6-7,14-15H,(H,16,17). The van der Waals surface area contributed by atoms with Crippen LogP contribution in [0.1, 0.15) is 17.4 Å². The van der Waals surface area contributed by atoms with E-state index in [1.165, 1.54) is 0 Å². The van der Waals surface area contributed by atoms with E-state index in [4.69, 9.17) is 10.2 Å². The number of halogens is 3. The summed E-state index contributed by atoms with van der Waals surface area (Å²) in [5.74, 6) is -1.75. The Hall–Kier alpha value is -1.67. The number of aliphatic hydroxyl groups excluding tert-OH is 2. The molecule has 1 aromatic rings. The summed E-state index contributed by atoms with van der Waals surface area (Å²) in [5, 5.41) is 26.6. The average molecular weight is 251 g/mol. The first kappa shape index (κ1) is 13.4. The number of hydrogen-bond donors (Lipinski definition) is 3. The van der Waals surface area contributed by atoms with Gasteiger partial charge in [-0.25, -0.2) is 4.79 Å².